The predicted molar refractivity (Wildman–Crippen MR) is 157 cm³/mol. The first-order chi connectivity index (χ1) is 18.9. The van der Waals surface area contributed by atoms with Crippen molar-refractivity contribution in [2.45, 2.75) is 29.6 Å². The van der Waals surface area contributed by atoms with Gasteiger partial charge in [-0.15, -0.1) is 0 Å². The molecule has 0 spiro atoms. The van der Waals surface area contributed by atoms with Gasteiger partial charge in [0.05, 0.1) is 18.2 Å². The lowest BCUT2D eigenvalue weighted by atomic mass is 9.98. The second kappa shape index (κ2) is 14.5. The van der Waals surface area contributed by atoms with E-state index in [-0.39, 0.29) is 6.61 Å². The summed E-state index contributed by atoms with van der Waals surface area (Å²) in [6, 6.07) is 19.0. The molecule has 1 fully saturated rings. The number of benzene rings is 3. The zero-order valence-corrected chi connectivity index (χ0v) is 24.4. The standard InChI is InChI=1S/C31H31Cl2NO4S/c1-3-36-31(35)21-38-30-11-10-27(19-29(30)33)39-28-17-24(5-4-22-6-8-25(32)9-7-22)16-26(18-28)37-20-23-12-14-34(2)15-13-23/h6-11,16-19,23H,3,12-15,20-21H2,1-2H3. The van der Waals surface area contributed by atoms with Crippen LogP contribution in [-0.2, 0) is 9.53 Å². The number of rotatable bonds is 9. The van der Waals surface area contributed by atoms with E-state index in [4.69, 9.17) is 37.4 Å². The molecule has 0 aliphatic carbocycles. The van der Waals surface area contributed by atoms with Gasteiger partial charge in [-0.25, -0.2) is 4.79 Å². The van der Waals surface area contributed by atoms with E-state index in [0.29, 0.717) is 34.9 Å². The van der Waals surface area contributed by atoms with E-state index in [1.807, 2.05) is 54.6 Å². The van der Waals surface area contributed by atoms with Crippen molar-refractivity contribution in [2.24, 2.45) is 5.92 Å². The maximum Gasteiger partial charge on any atom is 0.344 e. The maximum atomic E-state index is 11.6. The second-order valence-corrected chi connectivity index (χ2v) is 11.3. The summed E-state index contributed by atoms with van der Waals surface area (Å²) in [6.45, 7) is 4.75. The van der Waals surface area contributed by atoms with Crippen LogP contribution in [0.5, 0.6) is 11.5 Å². The van der Waals surface area contributed by atoms with Gasteiger partial charge in [-0.1, -0.05) is 46.8 Å². The number of hydrogen-bond donors (Lipinski definition) is 0. The Balaban J connectivity index is 1.51. The quantitative estimate of drug-likeness (QED) is 0.196. The van der Waals surface area contributed by atoms with Gasteiger partial charge in [0, 0.05) is 25.9 Å². The number of ether oxygens (including phenoxy) is 3. The molecule has 0 radical (unpaired) electrons. The minimum Gasteiger partial charge on any atom is -0.493 e. The third-order valence-corrected chi connectivity index (χ3v) is 7.70. The molecule has 0 aromatic heterocycles. The Morgan fingerprint density at radius 2 is 1.69 bits per heavy atom. The molecular formula is C31H31Cl2NO4S. The predicted octanol–water partition coefficient (Wildman–Crippen LogP) is 7.21. The highest BCUT2D eigenvalue weighted by atomic mass is 35.5. The first-order valence-corrected chi connectivity index (χ1v) is 14.4. The molecule has 1 aliphatic rings. The summed E-state index contributed by atoms with van der Waals surface area (Å²) in [5.41, 5.74) is 1.74. The normalized spacial score (nSPS) is 13.8. The summed E-state index contributed by atoms with van der Waals surface area (Å²) < 4.78 is 16.7. The van der Waals surface area contributed by atoms with E-state index in [1.54, 1.807) is 24.8 Å². The summed E-state index contributed by atoms with van der Waals surface area (Å²) in [6.07, 6.45) is 2.27. The van der Waals surface area contributed by atoms with Crippen molar-refractivity contribution >= 4 is 40.9 Å². The number of halogens is 2. The van der Waals surface area contributed by atoms with Crippen LogP contribution < -0.4 is 9.47 Å². The van der Waals surface area contributed by atoms with Crippen LogP contribution in [0.25, 0.3) is 0 Å². The zero-order valence-electron chi connectivity index (χ0n) is 22.0. The topological polar surface area (TPSA) is 48.0 Å². The van der Waals surface area contributed by atoms with Gasteiger partial charge in [0.1, 0.15) is 11.5 Å². The molecule has 8 heteroatoms. The largest absolute Gasteiger partial charge is 0.493 e. The van der Waals surface area contributed by atoms with Gasteiger partial charge in [-0.05, 0) is 106 Å². The third-order valence-electron chi connectivity index (χ3n) is 6.19. The monoisotopic (exact) mass is 583 g/mol. The Hall–Kier alpha value is -2.82. The molecule has 1 heterocycles. The van der Waals surface area contributed by atoms with Crippen molar-refractivity contribution in [2.75, 3.05) is 40.0 Å². The number of carbonyl (C=O) groups is 1. The highest BCUT2D eigenvalue weighted by Gasteiger charge is 2.17. The van der Waals surface area contributed by atoms with Crippen molar-refractivity contribution < 1.29 is 19.0 Å². The van der Waals surface area contributed by atoms with Gasteiger partial charge in [0.25, 0.3) is 0 Å². The number of carbonyl (C=O) groups excluding carboxylic acids is 1. The van der Waals surface area contributed by atoms with Gasteiger partial charge < -0.3 is 19.1 Å². The average molecular weight is 585 g/mol. The van der Waals surface area contributed by atoms with Crippen LogP contribution in [0.3, 0.4) is 0 Å². The Kier molecular flexibility index (Phi) is 10.9. The fraction of sp³-hybridized carbons (Fsp3) is 0.323. The Morgan fingerprint density at radius 3 is 2.41 bits per heavy atom. The summed E-state index contributed by atoms with van der Waals surface area (Å²) in [4.78, 5) is 15.9. The van der Waals surface area contributed by atoms with Crippen LogP contribution in [-0.4, -0.2) is 50.8 Å². The number of esters is 1. The number of piperidine rings is 1. The van der Waals surface area contributed by atoms with Crippen LogP contribution in [0.4, 0.5) is 0 Å². The summed E-state index contributed by atoms with van der Waals surface area (Å²) in [7, 11) is 2.16. The van der Waals surface area contributed by atoms with Gasteiger partial charge in [0.2, 0.25) is 0 Å². The number of hydrogen-bond acceptors (Lipinski definition) is 6. The summed E-state index contributed by atoms with van der Waals surface area (Å²) in [5, 5.41) is 1.10. The summed E-state index contributed by atoms with van der Waals surface area (Å²) >= 11 is 14.0. The maximum absolute atomic E-state index is 11.6. The number of nitrogens with zero attached hydrogens (tertiary/aromatic N) is 1. The highest BCUT2D eigenvalue weighted by molar-refractivity contribution is 7.99. The third kappa shape index (κ3) is 9.40. The van der Waals surface area contributed by atoms with Crippen LogP contribution in [0.15, 0.2) is 70.5 Å². The fourth-order valence-electron chi connectivity index (χ4n) is 4.04. The van der Waals surface area contributed by atoms with Crippen LogP contribution >= 0.6 is 35.0 Å². The van der Waals surface area contributed by atoms with Crippen molar-refractivity contribution in [3.63, 3.8) is 0 Å². The molecule has 3 aromatic rings. The SMILES string of the molecule is CCOC(=O)COc1ccc(Sc2cc(C#Cc3ccc(Cl)cc3)cc(OCC3CCN(C)CC3)c2)cc1Cl. The molecule has 4 rings (SSSR count). The fourth-order valence-corrected chi connectivity index (χ4v) is 5.42. The van der Waals surface area contributed by atoms with Crippen molar-refractivity contribution in [3.8, 4) is 23.3 Å². The minimum absolute atomic E-state index is 0.188. The van der Waals surface area contributed by atoms with Crippen LogP contribution in [0.2, 0.25) is 10.0 Å². The number of likely N-dealkylation sites (tertiary alicyclic amines) is 1. The molecule has 3 aromatic carbocycles. The molecule has 0 unspecified atom stereocenters. The summed E-state index contributed by atoms with van der Waals surface area (Å²) in [5.74, 6) is 7.81. The molecule has 0 N–H and O–H groups in total. The lowest BCUT2D eigenvalue weighted by Crippen LogP contribution is -2.32. The smallest absolute Gasteiger partial charge is 0.344 e. The van der Waals surface area contributed by atoms with E-state index in [0.717, 1.165) is 52.6 Å². The lowest BCUT2D eigenvalue weighted by Gasteiger charge is -2.28. The van der Waals surface area contributed by atoms with Crippen molar-refractivity contribution in [1.82, 2.24) is 4.90 Å². The molecule has 0 saturated carbocycles. The minimum atomic E-state index is -0.434. The Bertz CT molecular complexity index is 1330. The molecule has 0 amide bonds. The van der Waals surface area contributed by atoms with Gasteiger partial charge in [-0.2, -0.15) is 0 Å². The zero-order chi connectivity index (χ0) is 27.6. The Labute approximate surface area is 244 Å². The van der Waals surface area contributed by atoms with E-state index in [1.165, 1.54) is 0 Å². The van der Waals surface area contributed by atoms with E-state index < -0.39 is 5.97 Å². The molecule has 1 saturated heterocycles. The van der Waals surface area contributed by atoms with Gasteiger partial charge in [-0.3, -0.25) is 0 Å². The van der Waals surface area contributed by atoms with Gasteiger partial charge >= 0.3 is 5.97 Å². The first-order valence-electron chi connectivity index (χ1n) is 12.9. The lowest BCUT2D eigenvalue weighted by molar-refractivity contribution is -0.145. The molecule has 0 bridgehead atoms. The second-order valence-electron chi connectivity index (χ2n) is 9.30. The molecule has 39 heavy (non-hydrogen) atoms. The average Bonchev–Trinajstić information content (AvgIpc) is 2.92. The van der Waals surface area contributed by atoms with Crippen LogP contribution in [0.1, 0.15) is 30.9 Å². The van der Waals surface area contributed by atoms with Crippen molar-refractivity contribution in [3.05, 3.63) is 81.8 Å². The first kappa shape index (κ1) is 29.2. The molecule has 0 atom stereocenters. The Morgan fingerprint density at radius 1 is 0.949 bits per heavy atom. The highest BCUT2D eigenvalue weighted by Crippen LogP contribution is 2.36. The van der Waals surface area contributed by atoms with Crippen LogP contribution in [0, 0.1) is 17.8 Å². The molecule has 204 valence electrons. The van der Waals surface area contributed by atoms with E-state index >= 15 is 0 Å². The van der Waals surface area contributed by atoms with Gasteiger partial charge in [0.15, 0.2) is 6.61 Å². The van der Waals surface area contributed by atoms with E-state index in [9.17, 15) is 4.79 Å². The molecule has 1 aliphatic heterocycles. The molecule has 5 nitrogen and oxygen atoms in total. The van der Waals surface area contributed by atoms with E-state index in [2.05, 4.69) is 23.8 Å². The molecular weight excluding hydrogens is 553 g/mol. The van der Waals surface area contributed by atoms with Crippen molar-refractivity contribution in [1.29, 1.82) is 0 Å².